The molecule has 4 aliphatic carbocycles. The van der Waals surface area contributed by atoms with Crippen LogP contribution in [0.15, 0.2) is 36.5 Å². The zero-order chi connectivity index (χ0) is 33.9. The van der Waals surface area contributed by atoms with Gasteiger partial charge in [-0.2, -0.15) is 0 Å². The molecule has 5 heteroatoms. The van der Waals surface area contributed by atoms with Crippen LogP contribution in [0.3, 0.4) is 0 Å². The normalized spacial score (nSPS) is 42.6. The van der Waals surface area contributed by atoms with Crippen molar-refractivity contribution >= 4 is 16.9 Å². The fourth-order valence-corrected chi connectivity index (χ4v) is 14.0. The van der Waals surface area contributed by atoms with E-state index in [0.717, 1.165) is 96.2 Å². The summed E-state index contributed by atoms with van der Waals surface area (Å²) in [7, 11) is 0. The van der Waals surface area contributed by atoms with Crippen molar-refractivity contribution in [3.8, 4) is 0 Å². The summed E-state index contributed by atoms with van der Waals surface area (Å²) in [4.78, 5) is 19.6. The minimum Gasteiger partial charge on any atom is -0.456 e. The molecule has 0 radical (unpaired) electrons. The first-order chi connectivity index (χ1) is 23.7. The average molecular weight is 669 g/mol. The second-order valence-electron chi connectivity index (χ2n) is 18.6. The van der Waals surface area contributed by atoms with Crippen LogP contribution in [0.25, 0.3) is 10.9 Å². The molecule has 3 saturated heterocycles. The molecule has 1 N–H and O–H groups in total. The van der Waals surface area contributed by atoms with Crippen molar-refractivity contribution in [1.29, 1.82) is 0 Å². The molecule has 4 heterocycles. The second kappa shape index (κ2) is 13.5. The van der Waals surface area contributed by atoms with E-state index in [9.17, 15) is 9.90 Å². The average Bonchev–Trinajstić information content (AvgIpc) is 3.46. The maximum Gasteiger partial charge on any atom is 0.303 e. The van der Waals surface area contributed by atoms with Crippen molar-refractivity contribution in [3.63, 3.8) is 0 Å². The first-order valence-corrected chi connectivity index (χ1v) is 20.6. The number of nitrogens with zero attached hydrogens (tertiary/aromatic N) is 2. The lowest BCUT2D eigenvalue weighted by atomic mass is 9.44. The van der Waals surface area contributed by atoms with Crippen LogP contribution in [0.2, 0.25) is 0 Å². The summed E-state index contributed by atoms with van der Waals surface area (Å²) in [5.74, 6) is 6.57. The van der Waals surface area contributed by atoms with E-state index < -0.39 is 0 Å². The molecule has 2 bridgehead atoms. The van der Waals surface area contributed by atoms with Crippen molar-refractivity contribution in [2.75, 3.05) is 13.1 Å². The van der Waals surface area contributed by atoms with Crippen LogP contribution in [0.5, 0.6) is 0 Å². The highest BCUT2D eigenvalue weighted by atomic mass is 16.5. The Kier molecular flexibility index (Phi) is 9.42. The van der Waals surface area contributed by atoms with Gasteiger partial charge < -0.3 is 9.84 Å². The van der Waals surface area contributed by atoms with Gasteiger partial charge in [-0.3, -0.25) is 14.7 Å². The van der Waals surface area contributed by atoms with Crippen LogP contribution >= 0.6 is 0 Å². The van der Waals surface area contributed by atoms with Crippen LogP contribution in [-0.4, -0.2) is 46.2 Å². The maximum absolute atomic E-state index is 12.4. The highest BCUT2D eigenvalue weighted by Crippen LogP contribution is 2.68. The van der Waals surface area contributed by atoms with E-state index in [-0.39, 0.29) is 24.2 Å². The van der Waals surface area contributed by atoms with Gasteiger partial charge in [0.25, 0.3) is 0 Å². The molecule has 2 aromatic rings. The first kappa shape index (κ1) is 34.1. The van der Waals surface area contributed by atoms with Crippen molar-refractivity contribution in [2.24, 2.45) is 58.2 Å². The Morgan fingerprint density at radius 2 is 1.80 bits per heavy atom. The third-order valence-electron chi connectivity index (χ3n) is 16.5. The van der Waals surface area contributed by atoms with Crippen molar-refractivity contribution < 1.29 is 14.6 Å². The van der Waals surface area contributed by atoms with E-state index in [2.05, 4.69) is 54.9 Å². The Morgan fingerprint density at radius 1 is 0.980 bits per heavy atom. The molecule has 14 atom stereocenters. The number of aliphatic hydroxyl groups excluding tert-OH is 1. The number of aliphatic hydroxyl groups is 1. The lowest BCUT2D eigenvalue weighted by Crippen LogP contribution is -2.55. The number of aromatic nitrogens is 1. The number of esters is 1. The summed E-state index contributed by atoms with van der Waals surface area (Å²) in [6.07, 6.45) is 21.5. The number of fused-ring (bicyclic) bond motifs is 9. The van der Waals surface area contributed by atoms with Crippen LogP contribution in [0.1, 0.15) is 136 Å². The Balaban J connectivity index is 0.853. The van der Waals surface area contributed by atoms with Gasteiger partial charge in [-0.1, -0.05) is 58.2 Å². The summed E-state index contributed by atoms with van der Waals surface area (Å²) in [6, 6.07) is 10.6. The largest absolute Gasteiger partial charge is 0.456 e. The zero-order valence-electron chi connectivity index (χ0n) is 31.0. The molecule has 3 aliphatic heterocycles. The van der Waals surface area contributed by atoms with Gasteiger partial charge in [0.1, 0.15) is 6.10 Å². The van der Waals surface area contributed by atoms with Crippen molar-refractivity contribution in [3.05, 3.63) is 42.1 Å². The zero-order valence-corrected chi connectivity index (χ0v) is 31.0. The molecule has 9 rings (SSSR count). The number of unbranched alkanes of at least 4 members (excludes halogenated alkanes) is 1. The minimum absolute atomic E-state index is 0.0405. The fraction of sp³-hybridized carbons (Fsp3) is 0.773. The number of carbonyl (C=O) groups excluding carboxylic acids is 1. The molecule has 5 nitrogen and oxygen atoms in total. The van der Waals surface area contributed by atoms with Gasteiger partial charge in [0.2, 0.25) is 0 Å². The van der Waals surface area contributed by atoms with Gasteiger partial charge in [0, 0.05) is 30.6 Å². The fourth-order valence-electron chi connectivity index (χ4n) is 14.0. The number of ether oxygens (including phenoxy) is 1. The predicted octanol–water partition coefficient (Wildman–Crippen LogP) is 9.77. The number of hydrogen-bond acceptors (Lipinski definition) is 5. The van der Waals surface area contributed by atoms with Crippen molar-refractivity contribution in [1.82, 2.24) is 9.88 Å². The third kappa shape index (κ3) is 6.09. The molecule has 3 unspecified atom stereocenters. The van der Waals surface area contributed by atoms with Crippen molar-refractivity contribution in [2.45, 2.75) is 142 Å². The molecule has 4 saturated carbocycles. The summed E-state index contributed by atoms with van der Waals surface area (Å²) in [6.45, 7) is 11.8. The molecule has 268 valence electrons. The molecular weight excluding hydrogens is 604 g/mol. The lowest BCUT2D eigenvalue weighted by Gasteiger charge is -2.61. The standard InChI is InChI=1S/C44H64N2O3/c1-28(37-15-16-38-36-14-13-32-26-33(48)17-21-43(32,3)39(36)18-22-44(37,38)4)9-5-6-10-31-27-46-24-20-30(31)25-41(46)42(49-29(2)47)35-19-23-45-40-12-8-7-11-34(35)40/h7-8,11-12,19,23,28,30-33,36-39,41-42,48H,5-6,9-10,13-18,20-22,24-27H2,1-4H3/t28-,30?,31+,32-,33-,36+,37-,38+,39+,41?,42-,43+,44-/m1/s1. The minimum atomic E-state index is -0.241. The van der Waals surface area contributed by atoms with Crippen LogP contribution in [-0.2, 0) is 9.53 Å². The number of rotatable bonds is 9. The molecule has 1 aromatic carbocycles. The van der Waals surface area contributed by atoms with E-state index in [1.807, 2.05) is 12.3 Å². The van der Waals surface area contributed by atoms with E-state index in [1.165, 1.54) is 77.0 Å². The molecule has 0 amide bonds. The number of para-hydroxylation sites is 1. The topological polar surface area (TPSA) is 62.7 Å². The summed E-state index contributed by atoms with van der Waals surface area (Å²) in [5, 5.41) is 11.5. The number of hydrogen-bond donors (Lipinski definition) is 1. The molecule has 7 fully saturated rings. The van der Waals surface area contributed by atoms with Crippen LogP contribution < -0.4 is 0 Å². The van der Waals surface area contributed by atoms with Gasteiger partial charge >= 0.3 is 5.97 Å². The lowest BCUT2D eigenvalue weighted by molar-refractivity contribution is -0.155. The smallest absolute Gasteiger partial charge is 0.303 e. The van der Waals surface area contributed by atoms with E-state index in [0.29, 0.717) is 10.8 Å². The molecule has 0 spiro atoms. The quantitative estimate of drug-likeness (QED) is 0.213. The Morgan fingerprint density at radius 3 is 2.61 bits per heavy atom. The second-order valence-corrected chi connectivity index (χ2v) is 18.6. The summed E-state index contributed by atoms with van der Waals surface area (Å²) >= 11 is 0. The first-order valence-electron chi connectivity index (χ1n) is 20.6. The van der Waals surface area contributed by atoms with Crippen LogP contribution in [0, 0.1) is 58.2 Å². The molecule has 7 aliphatic rings. The van der Waals surface area contributed by atoms with E-state index >= 15 is 0 Å². The molecule has 49 heavy (non-hydrogen) atoms. The van der Waals surface area contributed by atoms with Gasteiger partial charge in [-0.05, 0) is 154 Å². The SMILES string of the molecule is CC(=O)O[C@H](c1ccnc2ccccc12)C1CC2CCN1C[C@@H]2CCCC[C@@H](C)[C@H]1CC[C@H]2[C@@H]3CC[C@@H]4C[C@H](O)CC[C@]4(C)[C@H]3CC[C@]12C. The maximum atomic E-state index is 12.4. The van der Waals surface area contributed by atoms with Gasteiger partial charge in [-0.25, -0.2) is 0 Å². The summed E-state index contributed by atoms with van der Waals surface area (Å²) in [5.41, 5.74) is 3.10. The van der Waals surface area contributed by atoms with Gasteiger partial charge in [-0.15, -0.1) is 0 Å². The third-order valence-corrected chi connectivity index (χ3v) is 16.5. The highest BCUT2D eigenvalue weighted by Gasteiger charge is 2.60. The number of benzene rings is 1. The summed E-state index contributed by atoms with van der Waals surface area (Å²) < 4.78 is 6.14. The Labute approximate surface area is 296 Å². The molecule has 1 aromatic heterocycles. The Hall–Kier alpha value is -1.98. The predicted molar refractivity (Wildman–Crippen MR) is 197 cm³/mol. The number of piperidine rings is 3. The van der Waals surface area contributed by atoms with Gasteiger partial charge in [0.05, 0.1) is 17.7 Å². The number of carbonyl (C=O) groups is 1. The molecular formula is C44H64N2O3. The Bertz CT molecular complexity index is 1490. The van der Waals surface area contributed by atoms with E-state index in [1.54, 1.807) is 6.92 Å². The monoisotopic (exact) mass is 668 g/mol. The number of pyridine rings is 1. The highest BCUT2D eigenvalue weighted by molar-refractivity contribution is 5.82. The van der Waals surface area contributed by atoms with E-state index in [4.69, 9.17) is 4.74 Å². The van der Waals surface area contributed by atoms with Gasteiger partial charge in [0.15, 0.2) is 0 Å². The van der Waals surface area contributed by atoms with Crippen LogP contribution in [0.4, 0.5) is 0 Å².